The zero-order chi connectivity index (χ0) is 12.7. The van der Waals surface area contributed by atoms with E-state index in [9.17, 15) is 0 Å². The van der Waals surface area contributed by atoms with Gasteiger partial charge in [0.05, 0.1) is 25.6 Å². The Labute approximate surface area is 110 Å². The monoisotopic (exact) mass is 249 g/mol. The van der Waals surface area contributed by atoms with Crippen molar-refractivity contribution in [1.82, 2.24) is 0 Å². The van der Waals surface area contributed by atoms with Crippen LogP contribution in [0.3, 0.4) is 0 Å². The summed E-state index contributed by atoms with van der Waals surface area (Å²) >= 11 is 0. The number of rotatable bonds is 7. The van der Waals surface area contributed by atoms with Crippen molar-refractivity contribution in [3.63, 3.8) is 0 Å². The van der Waals surface area contributed by atoms with E-state index in [0.717, 1.165) is 26.1 Å². The highest BCUT2D eigenvalue weighted by molar-refractivity contribution is 4.84. The lowest BCUT2D eigenvalue weighted by Crippen LogP contribution is -2.29. The van der Waals surface area contributed by atoms with Crippen molar-refractivity contribution in [1.29, 1.82) is 0 Å². The van der Waals surface area contributed by atoms with Crippen molar-refractivity contribution in [3.8, 4) is 0 Å². The van der Waals surface area contributed by atoms with Gasteiger partial charge >= 0.3 is 0 Å². The first-order valence-corrected chi connectivity index (χ1v) is 6.86. The number of aromatic nitrogens is 1. The van der Waals surface area contributed by atoms with Crippen LogP contribution >= 0.6 is 0 Å². The Balaban J connectivity index is 1.51. The van der Waals surface area contributed by atoms with Crippen molar-refractivity contribution >= 4 is 0 Å². The third-order valence-corrected chi connectivity index (χ3v) is 3.31. The SMILES string of the molecule is CC1(CCCCC[CH-][n+]2ccccc2)OCCO1. The predicted molar refractivity (Wildman–Crippen MR) is 69.7 cm³/mol. The third-order valence-electron chi connectivity index (χ3n) is 3.31. The van der Waals surface area contributed by atoms with Crippen LogP contribution in [0.4, 0.5) is 0 Å². The van der Waals surface area contributed by atoms with Crippen LogP contribution < -0.4 is 4.57 Å². The van der Waals surface area contributed by atoms with Gasteiger partial charge in [0, 0.05) is 13.0 Å². The summed E-state index contributed by atoms with van der Waals surface area (Å²) in [5, 5.41) is 0. The molecule has 0 bridgehead atoms. The molecular formula is C15H23NO2. The van der Waals surface area contributed by atoms with Crippen molar-refractivity contribution in [2.24, 2.45) is 0 Å². The summed E-state index contributed by atoms with van der Waals surface area (Å²) in [5.74, 6) is -0.308. The Hall–Kier alpha value is -1.06. The minimum Gasteiger partial charge on any atom is -0.348 e. The highest BCUT2D eigenvalue weighted by atomic mass is 16.7. The molecule has 0 amide bonds. The van der Waals surface area contributed by atoms with Crippen LogP contribution in [0, 0.1) is 6.54 Å². The number of unbranched alkanes of at least 4 members (excludes halogenated alkanes) is 3. The van der Waals surface area contributed by atoms with Gasteiger partial charge < -0.3 is 14.0 Å². The first-order valence-electron chi connectivity index (χ1n) is 6.86. The van der Waals surface area contributed by atoms with E-state index in [0.29, 0.717) is 0 Å². The molecule has 18 heavy (non-hydrogen) atoms. The first-order chi connectivity index (χ1) is 8.79. The average molecular weight is 249 g/mol. The molecule has 1 aliphatic heterocycles. The van der Waals surface area contributed by atoms with E-state index in [-0.39, 0.29) is 5.79 Å². The van der Waals surface area contributed by atoms with Crippen LogP contribution in [-0.2, 0) is 9.47 Å². The second kappa shape index (κ2) is 6.76. The smallest absolute Gasteiger partial charge is 0.165 e. The van der Waals surface area contributed by atoms with Gasteiger partial charge in [-0.15, -0.1) is 0 Å². The maximum atomic E-state index is 5.58. The van der Waals surface area contributed by atoms with Crippen molar-refractivity contribution < 1.29 is 14.0 Å². The molecule has 100 valence electrons. The summed E-state index contributed by atoms with van der Waals surface area (Å²) in [6, 6.07) is 6.13. The predicted octanol–water partition coefficient (Wildman–Crippen LogP) is 2.70. The largest absolute Gasteiger partial charge is 0.348 e. The Bertz CT molecular complexity index is 334. The molecule has 1 saturated heterocycles. The molecule has 0 atom stereocenters. The molecule has 1 aromatic rings. The third kappa shape index (κ3) is 4.31. The van der Waals surface area contributed by atoms with Gasteiger partial charge in [0.1, 0.15) is 0 Å². The molecule has 0 N–H and O–H groups in total. The molecule has 2 heterocycles. The quantitative estimate of drug-likeness (QED) is 0.421. The Morgan fingerprint density at radius 2 is 1.78 bits per heavy atom. The lowest BCUT2D eigenvalue weighted by Gasteiger charge is -2.21. The van der Waals surface area contributed by atoms with E-state index < -0.39 is 0 Å². The number of ether oxygens (including phenoxy) is 2. The zero-order valence-electron chi connectivity index (χ0n) is 11.2. The molecule has 3 heteroatoms. The molecule has 1 aliphatic rings. The molecule has 0 unspecified atom stereocenters. The van der Waals surface area contributed by atoms with E-state index in [2.05, 4.69) is 23.5 Å². The van der Waals surface area contributed by atoms with E-state index in [1.165, 1.54) is 19.3 Å². The molecule has 0 spiro atoms. The summed E-state index contributed by atoms with van der Waals surface area (Å²) in [4.78, 5) is 0. The fourth-order valence-corrected chi connectivity index (χ4v) is 2.24. The van der Waals surface area contributed by atoms with E-state index >= 15 is 0 Å². The molecule has 0 aliphatic carbocycles. The van der Waals surface area contributed by atoms with Gasteiger partial charge in [-0.3, -0.25) is 0 Å². The minimum atomic E-state index is -0.308. The van der Waals surface area contributed by atoms with Gasteiger partial charge in [0.15, 0.2) is 5.79 Å². The molecule has 0 aromatic carbocycles. The second-order valence-electron chi connectivity index (χ2n) is 4.94. The van der Waals surface area contributed by atoms with Crippen molar-refractivity contribution in [3.05, 3.63) is 37.1 Å². The summed E-state index contributed by atoms with van der Waals surface area (Å²) in [7, 11) is 0. The minimum absolute atomic E-state index is 0.308. The fourth-order valence-electron chi connectivity index (χ4n) is 2.24. The normalized spacial score (nSPS) is 17.8. The van der Waals surface area contributed by atoms with Crippen LogP contribution in [0.5, 0.6) is 0 Å². The molecule has 2 rings (SSSR count). The molecule has 1 aromatic heterocycles. The van der Waals surface area contributed by atoms with E-state index in [4.69, 9.17) is 9.47 Å². The average Bonchev–Trinajstić information content (AvgIpc) is 2.82. The highest BCUT2D eigenvalue weighted by Crippen LogP contribution is 2.25. The lowest BCUT2D eigenvalue weighted by atomic mass is 10.1. The van der Waals surface area contributed by atoms with Gasteiger partial charge in [-0.05, 0) is 19.8 Å². The van der Waals surface area contributed by atoms with Crippen LogP contribution in [0.15, 0.2) is 30.6 Å². The van der Waals surface area contributed by atoms with Gasteiger partial charge in [-0.1, -0.05) is 31.0 Å². The van der Waals surface area contributed by atoms with Gasteiger partial charge in [-0.2, -0.15) is 0 Å². The van der Waals surface area contributed by atoms with Crippen LogP contribution in [0.2, 0.25) is 0 Å². The summed E-state index contributed by atoms with van der Waals surface area (Å²) in [6.45, 7) is 5.76. The fraction of sp³-hybridized carbons (Fsp3) is 0.600. The number of nitrogens with zero attached hydrogens (tertiary/aromatic N) is 1. The highest BCUT2D eigenvalue weighted by Gasteiger charge is 2.29. The van der Waals surface area contributed by atoms with Crippen molar-refractivity contribution in [2.45, 2.75) is 44.8 Å². The maximum Gasteiger partial charge on any atom is 0.165 e. The number of hydrogen-bond acceptors (Lipinski definition) is 2. The van der Waals surface area contributed by atoms with Crippen molar-refractivity contribution in [2.75, 3.05) is 13.2 Å². The topological polar surface area (TPSA) is 22.3 Å². The Kier molecular flexibility index (Phi) is 5.02. The molecule has 0 saturated carbocycles. The molecule has 3 nitrogen and oxygen atoms in total. The second-order valence-corrected chi connectivity index (χ2v) is 4.94. The van der Waals surface area contributed by atoms with E-state index in [1.54, 1.807) is 0 Å². The summed E-state index contributed by atoms with van der Waals surface area (Å²) in [6.07, 6.45) is 9.88. The lowest BCUT2D eigenvalue weighted by molar-refractivity contribution is -0.634. The first kappa shape index (κ1) is 13.4. The van der Waals surface area contributed by atoms with Crippen LogP contribution in [-0.4, -0.2) is 19.0 Å². The number of hydrogen-bond donors (Lipinski definition) is 0. The van der Waals surface area contributed by atoms with Crippen LogP contribution in [0.25, 0.3) is 0 Å². The van der Waals surface area contributed by atoms with Gasteiger partial charge in [0.25, 0.3) is 0 Å². The van der Waals surface area contributed by atoms with Gasteiger partial charge in [0.2, 0.25) is 0 Å². The summed E-state index contributed by atoms with van der Waals surface area (Å²) in [5.41, 5.74) is 0. The maximum absolute atomic E-state index is 5.58. The van der Waals surface area contributed by atoms with Gasteiger partial charge in [-0.25, -0.2) is 0 Å². The Morgan fingerprint density at radius 1 is 1.06 bits per heavy atom. The standard InChI is InChI=1S/C15H23NO2/c1-15(17-13-14-18-15)9-5-2-3-6-10-16-11-7-4-8-12-16/h4,7-8,10-12H,2-3,5-6,9,13-14H2,1H3. The Morgan fingerprint density at radius 3 is 2.50 bits per heavy atom. The zero-order valence-corrected chi connectivity index (χ0v) is 11.2. The van der Waals surface area contributed by atoms with Crippen LogP contribution in [0.1, 0.15) is 39.0 Å². The molecule has 0 radical (unpaired) electrons. The number of pyridine rings is 1. The summed E-state index contributed by atoms with van der Waals surface area (Å²) < 4.78 is 13.3. The van der Waals surface area contributed by atoms with E-state index in [1.807, 2.05) is 25.1 Å². The molecule has 1 fully saturated rings. The molecular weight excluding hydrogens is 226 g/mol.